The molecule has 0 atom stereocenters. The molecule has 0 aromatic carbocycles. The molecule has 82 valence electrons. The molecule has 2 heterocycles. The topological polar surface area (TPSA) is 55.0 Å². The summed E-state index contributed by atoms with van der Waals surface area (Å²) in [6.45, 7) is 6.78. The molecule has 2 N–H and O–H groups in total. The van der Waals surface area contributed by atoms with Crippen molar-refractivity contribution in [1.29, 1.82) is 0 Å². The Balaban J connectivity index is 2.41. The molecule has 0 spiro atoms. The van der Waals surface area contributed by atoms with Gasteiger partial charge in [0.2, 0.25) is 0 Å². The summed E-state index contributed by atoms with van der Waals surface area (Å²) in [5, 5.41) is 8.47. The summed E-state index contributed by atoms with van der Waals surface area (Å²) in [7, 11) is 0. The Kier molecular flexibility index (Phi) is 2.86. The average molecular weight is 206 g/mol. The van der Waals surface area contributed by atoms with Crippen molar-refractivity contribution in [1.82, 2.24) is 10.2 Å². The zero-order valence-electron chi connectivity index (χ0n) is 9.45. The number of nitrogens with two attached hydrogens (primary N) is 1. The first-order valence-electron chi connectivity index (χ1n) is 5.52. The molecule has 1 aromatic heterocycles. The first-order chi connectivity index (χ1) is 7.24. The van der Waals surface area contributed by atoms with Gasteiger partial charge in [0, 0.05) is 25.2 Å². The van der Waals surface area contributed by atoms with E-state index in [2.05, 4.69) is 22.0 Å². The van der Waals surface area contributed by atoms with Crippen LogP contribution in [0.1, 0.15) is 29.7 Å². The highest BCUT2D eigenvalue weighted by Gasteiger charge is 2.19. The minimum Gasteiger partial charge on any atom is -0.355 e. The second kappa shape index (κ2) is 4.14. The molecule has 1 saturated heterocycles. The van der Waals surface area contributed by atoms with Crippen molar-refractivity contribution in [3.05, 3.63) is 16.8 Å². The van der Waals surface area contributed by atoms with E-state index >= 15 is 0 Å². The van der Waals surface area contributed by atoms with Gasteiger partial charge in [-0.1, -0.05) is 0 Å². The predicted octanol–water partition coefficient (Wildman–Crippen LogP) is 1.15. The number of hydrogen-bond donors (Lipinski definition) is 1. The van der Waals surface area contributed by atoms with Crippen LogP contribution in [0.5, 0.6) is 0 Å². The summed E-state index contributed by atoms with van der Waals surface area (Å²) in [5.74, 6) is 0.998. The van der Waals surface area contributed by atoms with E-state index in [-0.39, 0.29) is 0 Å². The van der Waals surface area contributed by atoms with Gasteiger partial charge in [0.15, 0.2) is 5.82 Å². The Morgan fingerprint density at radius 1 is 1.20 bits per heavy atom. The van der Waals surface area contributed by atoms with Crippen LogP contribution < -0.4 is 10.6 Å². The maximum atomic E-state index is 5.79. The fourth-order valence-corrected chi connectivity index (χ4v) is 2.07. The van der Waals surface area contributed by atoms with Gasteiger partial charge in [-0.15, -0.1) is 5.10 Å². The Labute approximate surface area is 90.5 Å². The fraction of sp³-hybridized carbons (Fsp3) is 0.636. The van der Waals surface area contributed by atoms with E-state index in [1.54, 1.807) is 0 Å². The van der Waals surface area contributed by atoms with Crippen LogP contribution in [0, 0.1) is 13.8 Å². The smallest absolute Gasteiger partial charge is 0.156 e. The highest BCUT2D eigenvalue weighted by Crippen LogP contribution is 2.24. The SMILES string of the molecule is Cc1nnc(N2CCCC2)c(CN)c1C. The van der Waals surface area contributed by atoms with Crippen molar-refractivity contribution >= 4 is 5.82 Å². The molecule has 2 rings (SSSR count). The first-order valence-corrected chi connectivity index (χ1v) is 5.52. The molecule has 4 heteroatoms. The van der Waals surface area contributed by atoms with Gasteiger partial charge in [0.1, 0.15) is 0 Å². The van der Waals surface area contributed by atoms with E-state index in [4.69, 9.17) is 5.73 Å². The van der Waals surface area contributed by atoms with Crippen LogP contribution in [0.2, 0.25) is 0 Å². The average Bonchev–Trinajstić information content (AvgIpc) is 2.75. The molecule has 0 bridgehead atoms. The molecule has 4 nitrogen and oxygen atoms in total. The second-order valence-electron chi connectivity index (χ2n) is 4.11. The van der Waals surface area contributed by atoms with Crippen molar-refractivity contribution < 1.29 is 0 Å². The van der Waals surface area contributed by atoms with Gasteiger partial charge in [-0.25, -0.2) is 0 Å². The third kappa shape index (κ3) is 1.81. The number of aromatic nitrogens is 2. The van der Waals surface area contributed by atoms with Gasteiger partial charge in [0.25, 0.3) is 0 Å². The van der Waals surface area contributed by atoms with E-state index in [0.717, 1.165) is 30.2 Å². The molecule has 15 heavy (non-hydrogen) atoms. The Morgan fingerprint density at radius 3 is 2.47 bits per heavy atom. The van der Waals surface area contributed by atoms with E-state index in [1.807, 2.05) is 6.92 Å². The maximum Gasteiger partial charge on any atom is 0.156 e. The normalized spacial score (nSPS) is 16.1. The summed E-state index contributed by atoms with van der Waals surface area (Å²) in [5.41, 5.74) is 9.12. The van der Waals surface area contributed by atoms with Gasteiger partial charge >= 0.3 is 0 Å². The zero-order valence-corrected chi connectivity index (χ0v) is 9.45. The fourth-order valence-electron chi connectivity index (χ4n) is 2.07. The van der Waals surface area contributed by atoms with Gasteiger partial charge < -0.3 is 10.6 Å². The second-order valence-corrected chi connectivity index (χ2v) is 4.11. The lowest BCUT2D eigenvalue weighted by Gasteiger charge is -2.20. The standard InChI is InChI=1S/C11H18N4/c1-8-9(2)13-14-11(10(8)7-12)15-5-3-4-6-15/h3-7,12H2,1-2H3. The van der Waals surface area contributed by atoms with Gasteiger partial charge in [0.05, 0.1) is 5.69 Å². The number of rotatable bonds is 2. The molecular formula is C11H18N4. The van der Waals surface area contributed by atoms with Crippen molar-refractivity contribution in [2.75, 3.05) is 18.0 Å². The molecule has 0 radical (unpaired) electrons. The number of aryl methyl sites for hydroxylation is 1. The lowest BCUT2D eigenvalue weighted by molar-refractivity contribution is 0.839. The Morgan fingerprint density at radius 2 is 1.87 bits per heavy atom. The molecule has 0 saturated carbocycles. The van der Waals surface area contributed by atoms with Gasteiger partial charge in [-0.2, -0.15) is 5.10 Å². The van der Waals surface area contributed by atoms with Crippen LogP contribution in [0.15, 0.2) is 0 Å². The third-order valence-electron chi connectivity index (χ3n) is 3.17. The van der Waals surface area contributed by atoms with Crippen molar-refractivity contribution in [2.45, 2.75) is 33.2 Å². The van der Waals surface area contributed by atoms with Gasteiger partial charge in [-0.3, -0.25) is 0 Å². The number of nitrogens with zero attached hydrogens (tertiary/aromatic N) is 3. The zero-order chi connectivity index (χ0) is 10.8. The van der Waals surface area contributed by atoms with E-state index < -0.39 is 0 Å². The summed E-state index contributed by atoms with van der Waals surface area (Å²) < 4.78 is 0. The maximum absolute atomic E-state index is 5.79. The van der Waals surface area contributed by atoms with Crippen LogP contribution in [-0.4, -0.2) is 23.3 Å². The summed E-state index contributed by atoms with van der Waals surface area (Å²) >= 11 is 0. The highest BCUT2D eigenvalue weighted by atomic mass is 15.3. The third-order valence-corrected chi connectivity index (χ3v) is 3.17. The minimum absolute atomic E-state index is 0.550. The monoisotopic (exact) mass is 206 g/mol. The van der Waals surface area contributed by atoms with E-state index in [0.29, 0.717) is 6.54 Å². The first kappa shape index (κ1) is 10.4. The molecule has 1 aliphatic rings. The van der Waals surface area contributed by atoms with E-state index in [9.17, 15) is 0 Å². The predicted molar refractivity (Wildman–Crippen MR) is 60.8 cm³/mol. The van der Waals surface area contributed by atoms with Crippen molar-refractivity contribution in [3.63, 3.8) is 0 Å². The van der Waals surface area contributed by atoms with Crippen LogP contribution in [0.25, 0.3) is 0 Å². The highest BCUT2D eigenvalue weighted by molar-refractivity contribution is 5.51. The Bertz CT molecular complexity index is 356. The van der Waals surface area contributed by atoms with E-state index in [1.165, 1.54) is 18.4 Å². The number of anilines is 1. The van der Waals surface area contributed by atoms with Gasteiger partial charge in [-0.05, 0) is 32.3 Å². The minimum atomic E-state index is 0.550. The molecule has 1 aliphatic heterocycles. The quantitative estimate of drug-likeness (QED) is 0.788. The summed E-state index contributed by atoms with van der Waals surface area (Å²) in [4.78, 5) is 2.29. The molecular weight excluding hydrogens is 188 g/mol. The summed E-state index contributed by atoms with van der Waals surface area (Å²) in [6, 6.07) is 0. The lowest BCUT2D eigenvalue weighted by Crippen LogP contribution is -2.23. The van der Waals surface area contributed by atoms with Crippen molar-refractivity contribution in [3.8, 4) is 0 Å². The van der Waals surface area contributed by atoms with Crippen molar-refractivity contribution in [2.24, 2.45) is 5.73 Å². The molecule has 1 fully saturated rings. The van der Waals surface area contributed by atoms with Crippen LogP contribution in [-0.2, 0) is 6.54 Å². The van der Waals surface area contributed by atoms with Crippen LogP contribution in [0.4, 0.5) is 5.82 Å². The van der Waals surface area contributed by atoms with Crippen LogP contribution >= 0.6 is 0 Å². The molecule has 0 aliphatic carbocycles. The molecule has 0 amide bonds. The summed E-state index contributed by atoms with van der Waals surface area (Å²) in [6.07, 6.45) is 2.50. The molecule has 1 aromatic rings. The number of hydrogen-bond acceptors (Lipinski definition) is 4. The lowest BCUT2D eigenvalue weighted by atomic mass is 10.1. The van der Waals surface area contributed by atoms with Crippen LogP contribution in [0.3, 0.4) is 0 Å². The molecule has 0 unspecified atom stereocenters. The Hall–Kier alpha value is -1.16. The largest absolute Gasteiger partial charge is 0.355 e.